The lowest BCUT2D eigenvalue weighted by atomic mass is 10.1. The quantitative estimate of drug-likeness (QED) is 0.497. The number of carbonyl (C=O) groups excluding carboxylic acids is 1. The van der Waals surface area contributed by atoms with E-state index in [0.29, 0.717) is 13.0 Å². The van der Waals surface area contributed by atoms with Gasteiger partial charge in [0.25, 0.3) is 0 Å². The molecule has 0 radical (unpaired) electrons. The monoisotopic (exact) mass is 171 g/mol. The van der Waals surface area contributed by atoms with E-state index in [9.17, 15) is 4.79 Å². The van der Waals surface area contributed by atoms with E-state index >= 15 is 0 Å². The standard InChI is InChI=1S/C9H17NO2/c1-3-4-5-8(7-10)6-9(11)12-2/h4-5,8H,3,6-7,10H2,1-2H3/b5-4+. The zero-order valence-corrected chi connectivity index (χ0v) is 7.75. The Morgan fingerprint density at radius 3 is 2.75 bits per heavy atom. The Kier molecular flexibility index (Phi) is 6.38. The fourth-order valence-corrected chi connectivity index (χ4v) is 0.856. The third-order valence-corrected chi connectivity index (χ3v) is 1.60. The van der Waals surface area contributed by atoms with Gasteiger partial charge in [-0.3, -0.25) is 4.79 Å². The summed E-state index contributed by atoms with van der Waals surface area (Å²) >= 11 is 0. The van der Waals surface area contributed by atoms with Gasteiger partial charge in [0.1, 0.15) is 0 Å². The summed E-state index contributed by atoms with van der Waals surface area (Å²) in [6.45, 7) is 2.54. The molecular formula is C9H17NO2. The SMILES string of the molecule is CC/C=C/C(CN)CC(=O)OC. The van der Waals surface area contributed by atoms with Crippen LogP contribution >= 0.6 is 0 Å². The van der Waals surface area contributed by atoms with Gasteiger partial charge in [0, 0.05) is 0 Å². The van der Waals surface area contributed by atoms with Crippen LogP contribution in [0.4, 0.5) is 0 Å². The van der Waals surface area contributed by atoms with Gasteiger partial charge in [-0.05, 0) is 18.9 Å². The van der Waals surface area contributed by atoms with Crippen molar-refractivity contribution in [1.29, 1.82) is 0 Å². The van der Waals surface area contributed by atoms with Crippen molar-refractivity contribution < 1.29 is 9.53 Å². The highest BCUT2D eigenvalue weighted by Crippen LogP contribution is 2.04. The second-order valence-electron chi connectivity index (χ2n) is 2.61. The lowest BCUT2D eigenvalue weighted by molar-refractivity contribution is -0.141. The Balaban J connectivity index is 3.82. The van der Waals surface area contributed by atoms with Gasteiger partial charge < -0.3 is 10.5 Å². The molecule has 0 spiro atoms. The average molecular weight is 171 g/mol. The van der Waals surface area contributed by atoms with E-state index in [1.165, 1.54) is 7.11 Å². The highest BCUT2D eigenvalue weighted by molar-refractivity contribution is 5.69. The molecule has 0 aliphatic heterocycles. The van der Waals surface area contributed by atoms with Crippen molar-refractivity contribution >= 4 is 5.97 Å². The largest absolute Gasteiger partial charge is 0.469 e. The molecule has 0 aliphatic rings. The first-order valence-electron chi connectivity index (χ1n) is 4.18. The number of esters is 1. The van der Waals surface area contributed by atoms with Crippen LogP contribution in [0.3, 0.4) is 0 Å². The molecule has 3 heteroatoms. The van der Waals surface area contributed by atoms with Crippen LogP contribution in [0.2, 0.25) is 0 Å². The van der Waals surface area contributed by atoms with E-state index in [2.05, 4.69) is 4.74 Å². The third kappa shape index (κ3) is 4.91. The average Bonchev–Trinajstić information content (AvgIpc) is 2.11. The molecule has 0 saturated heterocycles. The van der Waals surface area contributed by atoms with E-state index in [1.807, 2.05) is 19.1 Å². The van der Waals surface area contributed by atoms with Gasteiger partial charge in [-0.2, -0.15) is 0 Å². The summed E-state index contributed by atoms with van der Waals surface area (Å²) in [5.74, 6) is -0.0800. The number of allylic oxidation sites excluding steroid dienone is 1. The number of nitrogens with two attached hydrogens (primary N) is 1. The van der Waals surface area contributed by atoms with Crippen molar-refractivity contribution in [3.63, 3.8) is 0 Å². The topological polar surface area (TPSA) is 52.3 Å². The minimum Gasteiger partial charge on any atom is -0.469 e. The van der Waals surface area contributed by atoms with E-state index in [4.69, 9.17) is 5.73 Å². The molecule has 0 aromatic heterocycles. The maximum absolute atomic E-state index is 10.8. The fourth-order valence-electron chi connectivity index (χ4n) is 0.856. The van der Waals surface area contributed by atoms with E-state index in [1.54, 1.807) is 0 Å². The molecule has 0 fully saturated rings. The third-order valence-electron chi connectivity index (χ3n) is 1.60. The minimum atomic E-state index is -0.203. The molecule has 2 N–H and O–H groups in total. The Bertz CT molecular complexity index is 155. The molecule has 0 bridgehead atoms. The van der Waals surface area contributed by atoms with Gasteiger partial charge in [0.2, 0.25) is 0 Å². The first kappa shape index (κ1) is 11.2. The lowest BCUT2D eigenvalue weighted by Crippen LogP contribution is -2.16. The predicted molar refractivity (Wildman–Crippen MR) is 48.6 cm³/mol. The molecule has 1 unspecified atom stereocenters. The number of carbonyl (C=O) groups is 1. The number of hydrogen-bond acceptors (Lipinski definition) is 3. The highest BCUT2D eigenvalue weighted by atomic mass is 16.5. The number of methoxy groups -OCH3 is 1. The molecule has 0 aromatic carbocycles. The summed E-state index contributed by atoms with van der Waals surface area (Å²) in [6, 6.07) is 0. The summed E-state index contributed by atoms with van der Waals surface area (Å²) < 4.78 is 4.53. The van der Waals surface area contributed by atoms with Crippen LogP contribution in [-0.2, 0) is 9.53 Å². The molecule has 12 heavy (non-hydrogen) atoms. The predicted octanol–water partition coefficient (Wildman–Crippen LogP) is 1.09. The minimum absolute atomic E-state index is 0.123. The van der Waals surface area contributed by atoms with E-state index < -0.39 is 0 Å². The van der Waals surface area contributed by atoms with Crippen molar-refractivity contribution in [3.8, 4) is 0 Å². The van der Waals surface area contributed by atoms with Gasteiger partial charge in [0.05, 0.1) is 13.5 Å². The van der Waals surface area contributed by atoms with Gasteiger partial charge in [-0.1, -0.05) is 19.1 Å². The Hall–Kier alpha value is -0.830. The Labute approximate surface area is 73.6 Å². The Morgan fingerprint density at radius 2 is 2.33 bits per heavy atom. The zero-order valence-electron chi connectivity index (χ0n) is 7.75. The summed E-state index contributed by atoms with van der Waals surface area (Å²) in [5, 5.41) is 0. The fraction of sp³-hybridized carbons (Fsp3) is 0.667. The molecular weight excluding hydrogens is 154 g/mol. The first-order valence-corrected chi connectivity index (χ1v) is 4.18. The Morgan fingerprint density at radius 1 is 1.67 bits per heavy atom. The maximum Gasteiger partial charge on any atom is 0.306 e. The van der Waals surface area contributed by atoms with Crippen LogP contribution in [0, 0.1) is 5.92 Å². The van der Waals surface area contributed by atoms with Crippen LogP contribution in [-0.4, -0.2) is 19.6 Å². The molecule has 0 aliphatic carbocycles. The summed E-state index contributed by atoms with van der Waals surface area (Å²) in [6.07, 6.45) is 5.33. The molecule has 0 saturated carbocycles. The number of rotatable bonds is 5. The number of ether oxygens (including phenoxy) is 1. The summed E-state index contributed by atoms with van der Waals surface area (Å²) in [4.78, 5) is 10.8. The van der Waals surface area contributed by atoms with Crippen LogP contribution in [0.1, 0.15) is 19.8 Å². The molecule has 3 nitrogen and oxygen atoms in total. The van der Waals surface area contributed by atoms with Crippen LogP contribution in [0.15, 0.2) is 12.2 Å². The smallest absolute Gasteiger partial charge is 0.306 e. The van der Waals surface area contributed by atoms with Gasteiger partial charge in [0.15, 0.2) is 0 Å². The highest BCUT2D eigenvalue weighted by Gasteiger charge is 2.08. The van der Waals surface area contributed by atoms with Gasteiger partial charge >= 0.3 is 5.97 Å². The normalized spacial score (nSPS) is 13.2. The van der Waals surface area contributed by atoms with Crippen molar-refractivity contribution in [2.45, 2.75) is 19.8 Å². The summed E-state index contributed by atoms with van der Waals surface area (Å²) in [5.41, 5.74) is 5.46. The van der Waals surface area contributed by atoms with E-state index in [-0.39, 0.29) is 11.9 Å². The lowest BCUT2D eigenvalue weighted by Gasteiger charge is -2.07. The van der Waals surface area contributed by atoms with Crippen molar-refractivity contribution in [2.75, 3.05) is 13.7 Å². The van der Waals surface area contributed by atoms with Crippen LogP contribution < -0.4 is 5.73 Å². The second-order valence-corrected chi connectivity index (χ2v) is 2.61. The van der Waals surface area contributed by atoms with Crippen LogP contribution in [0.5, 0.6) is 0 Å². The first-order chi connectivity index (χ1) is 5.74. The molecule has 1 atom stereocenters. The van der Waals surface area contributed by atoms with Gasteiger partial charge in [-0.25, -0.2) is 0 Å². The second kappa shape index (κ2) is 6.85. The summed E-state index contributed by atoms with van der Waals surface area (Å²) in [7, 11) is 1.39. The molecule has 0 rings (SSSR count). The van der Waals surface area contributed by atoms with Crippen molar-refractivity contribution in [2.24, 2.45) is 11.7 Å². The maximum atomic E-state index is 10.8. The van der Waals surface area contributed by atoms with E-state index in [0.717, 1.165) is 6.42 Å². The molecule has 70 valence electrons. The van der Waals surface area contributed by atoms with Crippen molar-refractivity contribution in [3.05, 3.63) is 12.2 Å². The van der Waals surface area contributed by atoms with Crippen LogP contribution in [0.25, 0.3) is 0 Å². The number of hydrogen-bond donors (Lipinski definition) is 1. The van der Waals surface area contributed by atoms with Crippen molar-refractivity contribution in [1.82, 2.24) is 0 Å². The molecule has 0 heterocycles. The molecule has 0 amide bonds. The zero-order chi connectivity index (χ0) is 9.40. The van der Waals surface area contributed by atoms with Gasteiger partial charge in [-0.15, -0.1) is 0 Å². The molecule has 0 aromatic rings.